The number of rotatable bonds is 4. The van der Waals surface area contributed by atoms with Crippen molar-refractivity contribution in [2.24, 2.45) is 0 Å². The normalized spacial score (nSPS) is 10.9. The Labute approximate surface area is 116 Å². The topological polar surface area (TPSA) is 55.1 Å². The third kappa shape index (κ3) is 3.15. The van der Waals surface area contributed by atoms with Gasteiger partial charge >= 0.3 is 5.97 Å². The van der Waals surface area contributed by atoms with Crippen LogP contribution in [0, 0.1) is 0 Å². The first-order valence-electron chi connectivity index (χ1n) is 6.03. The van der Waals surface area contributed by atoms with E-state index in [1.807, 2.05) is 38.1 Å². The highest BCUT2D eigenvalue weighted by molar-refractivity contribution is 6.30. The van der Waals surface area contributed by atoms with Crippen molar-refractivity contribution < 1.29 is 9.90 Å². The second kappa shape index (κ2) is 5.45. The molecule has 1 N–H and O–H groups in total. The van der Waals surface area contributed by atoms with Gasteiger partial charge in [-0.25, -0.2) is 4.79 Å². The summed E-state index contributed by atoms with van der Waals surface area (Å²) in [4.78, 5) is 11.0. The first-order valence-corrected chi connectivity index (χ1v) is 6.40. The van der Waals surface area contributed by atoms with Gasteiger partial charge in [-0.05, 0) is 29.7 Å². The number of carbonyl (C=O) groups is 1. The number of hydrogen-bond acceptors (Lipinski definition) is 2. The van der Waals surface area contributed by atoms with E-state index < -0.39 is 5.97 Å². The lowest BCUT2D eigenvalue weighted by atomic mass is 10.1. The molecule has 19 heavy (non-hydrogen) atoms. The standard InChI is InChI=1S/C14H15ClN2O2/c1-9(2)13-7-12(14(18)19)16-17(13)8-10-3-5-11(15)6-4-10/h3-7,9H,8H2,1-2H3,(H,18,19). The number of carboxylic acids is 1. The van der Waals surface area contributed by atoms with Gasteiger partial charge in [0.25, 0.3) is 0 Å². The van der Waals surface area contributed by atoms with Gasteiger partial charge in [-0.1, -0.05) is 37.6 Å². The summed E-state index contributed by atoms with van der Waals surface area (Å²) in [6.45, 7) is 4.57. The predicted molar refractivity (Wildman–Crippen MR) is 73.8 cm³/mol. The van der Waals surface area contributed by atoms with E-state index in [9.17, 15) is 4.79 Å². The minimum Gasteiger partial charge on any atom is -0.476 e. The molecule has 0 aliphatic rings. The van der Waals surface area contributed by atoms with Crippen LogP contribution in [0.25, 0.3) is 0 Å². The zero-order chi connectivity index (χ0) is 14.0. The highest BCUT2D eigenvalue weighted by Gasteiger charge is 2.15. The number of benzene rings is 1. The van der Waals surface area contributed by atoms with Crippen molar-refractivity contribution in [3.05, 3.63) is 52.3 Å². The lowest BCUT2D eigenvalue weighted by Gasteiger charge is -2.10. The van der Waals surface area contributed by atoms with Gasteiger partial charge in [-0.3, -0.25) is 4.68 Å². The highest BCUT2D eigenvalue weighted by atomic mass is 35.5. The van der Waals surface area contributed by atoms with Crippen molar-refractivity contribution in [3.8, 4) is 0 Å². The number of nitrogens with zero attached hydrogens (tertiary/aromatic N) is 2. The maximum Gasteiger partial charge on any atom is 0.356 e. The molecule has 1 heterocycles. The van der Waals surface area contributed by atoms with Crippen molar-refractivity contribution in [2.75, 3.05) is 0 Å². The van der Waals surface area contributed by atoms with Crippen LogP contribution in [-0.2, 0) is 6.54 Å². The van der Waals surface area contributed by atoms with Crippen LogP contribution in [0.15, 0.2) is 30.3 Å². The van der Waals surface area contributed by atoms with Gasteiger partial charge in [0, 0.05) is 10.7 Å². The van der Waals surface area contributed by atoms with Crippen LogP contribution in [0.3, 0.4) is 0 Å². The van der Waals surface area contributed by atoms with Gasteiger partial charge in [-0.2, -0.15) is 5.10 Å². The Balaban J connectivity index is 2.32. The van der Waals surface area contributed by atoms with Crippen LogP contribution < -0.4 is 0 Å². The lowest BCUT2D eigenvalue weighted by Crippen LogP contribution is -2.08. The summed E-state index contributed by atoms with van der Waals surface area (Å²) in [5.41, 5.74) is 2.02. The number of halogens is 1. The molecule has 0 aliphatic heterocycles. The number of carboxylic acid groups (broad SMARTS) is 1. The summed E-state index contributed by atoms with van der Waals surface area (Å²) in [5.74, 6) is -0.787. The lowest BCUT2D eigenvalue weighted by molar-refractivity contribution is 0.0689. The Kier molecular flexibility index (Phi) is 3.90. The molecule has 1 aromatic carbocycles. The molecule has 0 radical (unpaired) electrons. The molecule has 0 saturated heterocycles. The Morgan fingerprint density at radius 2 is 2.00 bits per heavy atom. The van der Waals surface area contributed by atoms with Crippen LogP contribution in [0.2, 0.25) is 5.02 Å². The molecule has 0 amide bonds. The molecule has 0 fully saturated rings. The largest absolute Gasteiger partial charge is 0.476 e. The molecule has 4 nitrogen and oxygen atoms in total. The van der Waals surface area contributed by atoms with Crippen molar-refractivity contribution >= 4 is 17.6 Å². The molecular formula is C14H15ClN2O2. The number of hydrogen-bond donors (Lipinski definition) is 1. The highest BCUT2D eigenvalue weighted by Crippen LogP contribution is 2.18. The molecule has 0 atom stereocenters. The second-order valence-corrected chi connectivity index (χ2v) is 5.13. The van der Waals surface area contributed by atoms with Crippen LogP contribution in [0.1, 0.15) is 41.5 Å². The van der Waals surface area contributed by atoms with Crippen LogP contribution in [0.4, 0.5) is 0 Å². The SMILES string of the molecule is CC(C)c1cc(C(=O)O)nn1Cc1ccc(Cl)cc1. The van der Waals surface area contributed by atoms with Gasteiger partial charge < -0.3 is 5.11 Å². The smallest absolute Gasteiger partial charge is 0.356 e. The molecule has 2 rings (SSSR count). The maximum atomic E-state index is 11.0. The van der Waals surface area contributed by atoms with E-state index >= 15 is 0 Å². The van der Waals surface area contributed by atoms with Crippen molar-refractivity contribution in [1.82, 2.24) is 9.78 Å². The van der Waals surface area contributed by atoms with Crippen LogP contribution in [-0.4, -0.2) is 20.9 Å². The minimum absolute atomic E-state index is 0.0812. The zero-order valence-electron chi connectivity index (χ0n) is 10.8. The third-order valence-corrected chi connectivity index (χ3v) is 3.12. The summed E-state index contributed by atoms with van der Waals surface area (Å²) in [7, 11) is 0. The number of aromatic carboxylic acids is 1. The summed E-state index contributed by atoms with van der Waals surface area (Å²) in [6, 6.07) is 9.08. The van der Waals surface area contributed by atoms with Gasteiger partial charge in [0.15, 0.2) is 5.69 Å². The molecule has 0 unspecified atom stereocenters. The molecule has 0 spiro atoms. The zero-order valence-corrected chi connectivity index (χ0v) is 11.6. The van der Waals surface area contributed by atoms with E-state index in [0.29, 0.717) is 11.6 Å². The maximum absolute atomic E-state index is 11.0. The molecule has 0 aliphatic carbocycles. The molecule has 5 heteroatoms. The summed E-state index contributed by atoms with van der Waals surface area (Å²) >= 11 is 5.84. The molecule has 0 saturated carbocycles. The fourth-order valence-electron chi connectivity index (χ4n) is 1.89. The first kappa shape index (κ1) is 13.6. The second-order valence-electron chi connectivity index (χ2n) is 4.70. The van der Waals surface area contributed by atoms with Crippen molar-refractivity contribution in [1.29, 1.82) is 0 Å². The monoisotopic (exact) mass is 278 g/mol. The first-order chi connectivity index (χ1) is 8.97. The van der Waals surface area contributed by atoms with E-state index in [4.69, 9.17) is 16.7 Å². The summed E-state index contributed by atoms with van der Waals surface area (Å²) in [5, 5.41) is 13.8. The van der Waals surface area contributed by atoms with Crippen molar-refractivity contribution in [3.63, 3.8) is 0 Å². The molecule has 0 bridgehead atoms. The van der Waals surface area contributed by atoms with E-state index in [0.717, 1.165) is 11.3 Å². The fourth-order valence-corrected chi connectivity index (χ4v) is 2.02. The average Bonchev–Trinajstić information content (AvgIpc) is 2.76. The van der Waals surface area contributed by atoms with E-state index in [-0.39, 0.29) is 11.6 Å². The van der Waals surface area contributed by atoms with Gasteiger partial charge in [0.1, 0.15) is 0 Å². The number of aromatic nitrogens is 2. The summed E-state index contributed by atoms with van der Waals surface area (Å²) in [6.07, 6.45) is 0. The van der Waals surface area contributed by atoms with E-state index in [2.05, 4.69) is 5.10 Å². The van der Waals surface area contributed by atoms with Crippen molar-refractivity contribution in [2.45, 2.75) is 26.3 Å². The Morgan fingerprint density at radius 3 is 2.53 bits per heavy atom. The Hall–Kier alpha value is -1.81. The Bertz CT molecular complexity index is 588. The molecule has 1 aromatic heterocycles. The van der Waals surface area contributed by atoms with E-state index in [1.165, 1.54) is 0 Å². The molecule has 2 aromatic rings. The van der Waals surface area contributed by atoms with Gasteiger partial charge in [0.05, 0.1) is 6.54 Å². The van der Waals surface area contributed by atoms with E-state index in [1.54, 1.807) is 10.7 Å². The fraction of sp³-hybridized carbons (Fsp3) is 0.286. The van der Waals surface area contributed by atoms with Crippen LogP contribution in [0.5, 0.6) is 0 Å². The average molecular weight is 279 g/mol. The van der Waals surface area contributed by atoms with Gasteiger partial charge in [0.2, 0.25) is 0 Å². The molecule has 100 valence electrons. The van der Waals surface area contributed by atoms with Crippen LogP contribution >= 0.6 is 11.6 Å². The minimum atomic E-state index is -1.00. The summed E-state index contributed by atoms with van der Waals surface area (Å²) < 4.78 is 1.73. The quantitative estimate of drug-likeness (QED) is 0.932. The van der Waals surface area contributed by atoms with Gasteiger partial charge in [-0.15, -0.1) is 0 Å². The Morgan fingerprint density at radius 1 is 1.37 bits per heavy atom. The predicted octanol–water partition coefficient (Wildman–Crippen LogP) is 3.41. The molecular weight excluding hydrogens is 264 g/mol. The third-order valence-electron chi connectivity index (χ3n) is 2.87.